The van der Waals surface area contributed by atoms with E-state index >= 15 is 0 Å². The number of benzene rings is 3. The number of rotatable bonds is 7. The number of nitrogens with one attached hydrogen (secondary N) is 2. The first kappa shape index (κ1) is 26.4. The molecule has 3 aromatic carbocycles. The van der Waals surface area contributed by atoms with E-state index in [0.717, 1.165) is 5.56 Å². The Hall–Kier alpha value is -3.19. The molecule has 0 bridgehead atoms. The summed E-state index contributed by atoms with van der Waals surface area (Å²) in [6, 6.07) is 15.5. The van der Waals surface area contributed by atoms with Gasteiger partial charge in [-0.3, -0.25) is 9.59 Å². The molecule has 0 saturated heterocycles. The summed E-state index contributed by atoms with van der Waals surface area (Å²) in [5.41, 5.74) is 2.18. The molecular weight excluding hydrogens is 605 g/mol. The van der Waals surface area contributed by atoms with Crippen LogP contribution in [-0.4, -0.2) is 18.4 Å². The minimum atomic E-state index is -0.639. The predicted molar refractivity (Wildman–Crippen MR) is 141 cm³/mol. The van der Waals surface area contributed by atoms with Crippen molar-refractivity contribution in [3.63, 3.8) is 0 Å². The average molecular weight is 622 g/mol. The molecule has 3 rings (SSSR count). The maximum atomic E-state index is 13.0. The van der Waals surface area contributed by atoms with E-state index in [1.807, 2.05) is 13.0 Å². The quantitative estimate of drug-likeness (QED) is 0.222. The van der Waals surface area contributed by atoms with E-state index < -0.39 is 11.7 Å². The van der Waals surface area contributed by atoms with Crippen molar-refractivity contribution in [3.8, 4) is 11.8 Å². The molecule has 178 valence electrons. The molecule has 35 heavy (non-hydrogen) atoms. The monoisotopic (exact) mass is 619 g/mol. The first-order chi connectivity index (χ1) is 16.7. The van der Waals surface area contributed by atoms with Crippen LogP contribution in [0.3, 0.4) is 0 Å². The van der Waals surface area contributed by atoms with Gasteiger partial charge in [0, 0.05) is 16.4 Å². The van der Waals surface area contributed by atoms with Gasteiger partial charge in [-0.05, 0) is 105 Å². The van der Waals surface area contributed by atoms with Crippen molar-refractivity contribution in [2.45, 2.75) is 6.92 Å². The van der Waals surface area contributed by atoms with Crippen molar-refractivity contribution in [2.24, 2.45) is 0 Å². The fraction of sp³-hybridized carbons (Fsp3) is 0.0800. The summed E-state index contributed by atoms with van der Waals surface area (Å²) in [6.07, 6.45) is 1.39. The van der Waals surface area contributed by atoms with Crippen LogP contribution in [0.4, 0.5) is 15.8 Å². The Morgan fingerprint density at radius 3 is 2.29 bits per heavy atom. The molecule has 3 aromatic rings. The topological polar surface area (TPSA) is 91.2 Å². The second-order valence-corrected chi connectivity index (χ2v) is 9.36. The van der Waals surface area contributed by atoms with Crippen LogP contribution in [0.2, 0.25) is 5.02 Å². The number of carbonyl (C=O) groups is 2. The second-order valence-electron chi connectivity index (χ2n) is 7.25. The van der Waals surface area contributed by atoms with Gasteiger partial charge in [0.2, 0.25) is 0 Å². The third kappa shape index (κ3) is 7.39. The molecule has 0 radical (unpaired) electrons. The highest BCUT2D eigenvalue weighted by Gasteiger charge is 2.14. The Morgan fingerprint density at radius 2 is 1.69 bits per heavy atom. The zero-order valence-electron chi connectivity index (χ0n) is 18.2. The summed E-state index contributed by atoms with van der Waals surface area (Å²) in [5.74, 6) is -1.09. The number of anilines is 2. The van der Waals surface area contributed by atoms with Gasteiger partial charge in [0.05, 0.1) is 8.95 Å². The molecule has 0 aliphatic heterocycles. The normalized spacial score (nSPS) is 10.9. The van der Waals surface area contributed by atoms with Gasteiger partial charge in [0.25, 0.3) is 11.8 Å². The van der Waals surface area contributed by atoms with E-state index in [9.17, 15) is 19.2 Å². The highest BCUT2D eigenvalue weighted by Crippen LogP contribution is 2.35. The highest BCUT2D eigenvalue weighted by molar-refractivity contribution is 9.11. The third-order valence-electron chi connectivity index (χ3n) is 4.60. The highest BCUT2D eigenvalue weighted by atomic mass is 79.9. The molecule has 0 spiro atoms. The number of halogens is 4. The lowest BCUT2D eigenvalue weighted by Gasteiger charge is -2.12. The van der Waals surface area contributed by atoms with Crippen molar-refractivity contribution >= 4 is 72.7 Å². The van der Waals surface area contributed by atoms with Crippen molar-refractivity contribution in [3.05, 3.63) is 91.1 Å². The maximum absolute atomic E-state index is 13.0. The van der Waals surface area contributed by atoms with Crippen LogP contribution in [0.1, 0.15) is 11.1 Å². The number of amides is 2. The zero-order valence-corrected chi connectivity index (χ0v) is 22.1. The molecule has 0 aromatic heterocycles. The van der Waals surface area contributed by atoms with E-state index in [2.05, 4.69) is 42.5 Å². The van der Waals surface area contributed by atoms with Gasteiger partial charge in [-0.25, -0.2) is 4.39 Å². The van der Waals surface area contributed by atoms with Gasteiger partial charge < -0.3 is 15.4 Å². The van der Waals surface area contributed by atoms with Crippen LogP contribution in [0.5, 0.6) is 5.75 Å². The maximum Gasteiger partial charge on any atom is 0.266 e. The van der Waals surface area contributed by atoms with Crippen LogP contribution in [0, 0.1) is 24.1 Å². The zero-order chi connectivity index (χ0) is 25.5. The van der Waals surface area contributed by atoms with Gasteiger partial charge in [-0.15, -0.1) is 0 Å². The first-order valence-corrected chi connectivity index (χ1v) is 12.0. The van der Waals surface area contributed by atoms with E-state index in [1.165, 1.54) is 30.3 Å². The van der Waals surface area contributed by atoms with Crippen molar-refractivity contribution in [1.29, 1.82) is 5.26 Å². The van der Waals surface area contributed by atoms with Gasteiger partial charge in [-0.2, -0.15) is 5.26 Å². The number of nitrogens with zero attached hydrogens (tertiary/aromatic N) is 1. The van der Waals surface area contributed by atoms with Crippen LogP contribution >= 0.6 is 43.5 Å². The Bertz CT molecular complexity index is 1330. The van der Waals surface area contributed by atoms with Gasteiger partial charge in [0.15, 0.2) is 6.61 Å². The largest absolute Gasteiger partial charge is 0.481 e. The minimum absolute atomic E-state index is 0.155. The van der Waals surface area contributed by atoms with E-state index in [0.29, 0.717) is 36.7 Å². The summed E-state index contributed by atoms with van der Waals surface area (Å²) in [4.78, 5) is 24.7. The van der Waals surface area contributed by atoms with Gasteiger partial charge >= 0.3 is 0 Å². The number of carbonyl (C=O) groups excluding carboxylic acids is 2. The minimum Gasteiger partial charge on any atom is -0.481 e. The van der Waals surface area contributed by atoms with Crippen LogP contribution < -0.4 is 15.4 Å². The Kier molecular flexibility index (Phi) is 9.04. The number of aryl methyl sites for hydroxylation is 1. The second kappa shape index (κ2) is 12.0. The molecule has 0 heterocycles. The molecule has 10 heteroatoms. The number of hydrogen-bond donors (Lipinski definition) is 2. The molecule has 0 atom stereocenters. The summed E-state index contributed by atoms with van der Waals surface area (Å²) >= 11 is 12.9. The third-order valence-corrected chi connectivity index (χ3v) is 6.19. The smallest absolute Gasteiger partial charge is 0.266 e. The average Bonchev–Trinajstić information content (AvgIpc) is 2.80. The summed E-state index contributed by atoms with van der Waals surface area (Å²) in [5, 5.41) is 15.2. The lowest BCUT2D eigenvalue weighted by Crippen LogP contribution is -2.20. The predicted octanol–water partition coefficient (Wildman–Crippen LogP) is 6.88. The summed E-state index contributed by atoms with van der Waals surface area (Å²) < 4.78 is 19.7. The lowest BCUT2D eigenvalue weighted by molar-refractivity contribution is -0.118. The molecule has 2 amide bonds. The van der Waals surface area contributed by atoms with E-state index in [1.54, 1.807) is 30.3 Å². The molecule has 6 nitrogen and oxygen atoms in total. The molecule has 0 aliphatic carbocycles. The van der Waals surface area contributed by atoms with E-state index in [-0.39, 0.29) is 18.1 Å². The Morgan fingerprint density at radius 1 is 1.06 bits per heavy atom. The van der Waals surface area contributed by atoms with E-state index in [4.69, 9.17) is 16.3 Å². The van der Waals surface area contributed by atoms with Crippen molar-refractivity contribution in [2.75, 3.05) is 17.2 Å². The fourth-order valence-corrected chi connectivity index (χ4v) is 4.48. The summed E-state index contributed by atoms with van der Waals surface area (Å²) in [6.45, 7) is 1.60. The first-order valence-electron chi connectivity index (χ1n) is 10.0. The standard InChI is InChI=1S/C25H17Br2ClFN3O3/c1-14-2-5-19(11-22(14)28)31-23(33)13-35-24-20(26)9-15(10-21(24)27)8-16(12-30)25(34)32-18-6-3-17(29)4-7-18/h2-11H,13H2,1H3,(H,31,33)(H,32,34)/b16-8+. The van der Waals surface area contributed by atoms with Crippen LogP contribution in [-0.2, 0) is 9.59 Å². The number of ether oxygens (including phenoxy) is 1. The number of hydrogen-bond acceptors (Lipinski definition) is 4. The molecule has 0 unspecified atom stereocenters. The van der Waals surface area contributed by atoms with Gasteiger partial charge in [-0.1, -0.05) is 17.7 Å². The Balaban J connectivity index is 1.68. The molecular formula is C25H17Br2ClFN3O3. The van der Waals surface area contributed by atoms with Crippen LogP contribution in [0.15, 0.2) is 69.1 Å². The fourth-order valence-electron chi connectivity index (χ4n) is 2.85. The SMILES string of the molecule is Cc1ccc(NC(=O)COc2c(Br)cc(/C=C(\C#N)C(=O)Nc3ccc(F)cc3)cc2Br)cc1Cl. The number of nitriles is 1. The lowest BCUT2D eigenvalue weighted by atomic mass is 10.1. The molecule has 2 N–H and O–H groups in total. The molecule has 0 saturated carbocycles. The molecule has 0 aliphatic rings. The van der Waals surface area contributed by atoms with Gasteiger partial charge in [0.1, 0.15) is 23.2 Å². The summed E-state index contributed by atoms with van der Waals surface area (Å²) in [7, 11) is 0. The Labute approximate surface area is 223 Å². The molecule has 0 fully saturated rings. The van der Waals surface area contributed by atoms with Crippen molar-refractivity contribution < 1.29 is 18.7 Å². The van der Waals surface area contributed by atoms with Crippen LogP contribution in [0.25, 0.3) is 6.08 Å². The van der Waals surface area contributed by atoms with Crippen molar-refractivity contribution in [1.82, 2.24) is 0 Å².